The minimum Gasteiger partial charge on any atom is -0.384 e. The molecule has 0 aromatic carbocycles. The van der Waals surface area contributed by atoms with Crippen LogP contribution in [0.1, 0.15) is 19.8 Å². The first-order valence-electron chi connectivity index (χ1n) is 5.22. The zero-order valence-electron chi connectivity index (χ0n) is 8.53. The van der Waals surface area contributed by atoms with Crippen LogP contribution in [0.5, 0.6) is 0 Å². The molecule has 14 heavy (non-hydrogen) atoms. The molecule has 0 bridgehead atoms. The van der Waals surface area contributed by atoms with E-state index in [1.165, 1.54) is 12.8 Å². The van der Waals surface area contributed by atoms with Gasteiger partial charge in [-0.1, -0.05) is 13.0 Å². The van der Waals surface area contributed by atoms with Gasteiger partial charge < -0.3 is 11.1 Å². The summed E-state index contributed by atoms with van der Waals surface area (Å²) < 4.78 is 0. The van der Waals surface area contributed by atoms with Gasteiger partial charge in [0, 0.05) is 6.54 Å². The van der Waals surface area contributed by atoms with E-state index in [4.69, 9.17) is 5.73 Å². The van der Waals surface area contributed by atoms with Gasteiger partial charge in [0.05, 0.1) is 0 Å². The van der Waals surface area contributed by atoms with Crippen molar-refractivity contribution in [3.8, 4) is 0 Å². The minimum atomic E-state index is 0.578. The minimum absolute atomic E-state index is 0.578. The maximum absolute atomic E-state index is 5.59. The number of nitrogens with one attached hydrogen (secondary N) is 1. The molecule has 0 spiro atoms. The molecule has 1 fully saturated rings. The summed E-state index contributed by atoms with van der Waals surface area (Å²) in [6.45, 7) is 3.29. The molecule has 0 aliphatic heterocycles. The average Bonchev–Trinajstić information content (AvgIpc) is 2.97. The van der Waals surface area contributed by atoms with Crippen LogP contribution in [0.4, 0.5) is 11.6 Å². The van der Waals surface area contributed by atoms with Crippen molar-refractivity contribution in [2.45, 2.75) is 19.8 Å². The van der Waals surface area contributed by atoms with Crippen molar-refractivity contribution in [2.75, 3.05) is 17.6 Å². The summed E-state index contributed by atoms with van der Waals surface area (Å²) in [5.74, 6) is 3.15. The smallest absolute Gasteiger partial charge is 0.128 e. The number of nitrogen functional groups attached to an aromatic ring is 1. The molecule has 2 rings (SSSR count). The summed E-state index contributed by atoms with van der Waals surface area (Å²) in [5.41, 5.74) is 5.59. The third-order valence-electron chi connectivity index (χ3n) is 2.80. The van der Waals surface area contributed by atoms with Crippen LogP contribution in [-0.2, 0) is 0 Å². The number of hydrogen-bond acceptors (Lipinski definition) is 3. The predicted octanol–water partition coefficient (Wildman–Crippen LogP) is 2.12. The number of nitrogens with two attached hydrogens (primary N) is 1. The van der Waals surface area contributed by atoms with Crippen LogP contribution < -0.4 is 11.1 Å². The van der Waals surface area contributed by atoms with E-state index in [1.54, 1.807) is 6.07 Å². The average molecular weight is 191 g/mol. The van der Waals surface area contributed by atoms with Crippen molar-refractivity contribution >= 4 is 11.6 Å². The van der Waals surface area contributed by atoms with Crippen LogP contribution in [0.15, 0.2) is 18.2 Å². The fourth-order valence-corrected chi connectivity index (χ4v) is 1.65. The zero-order chi connectivity index (χ0) is 9.97. The Kier molecular flexibility index (Phi) is 2.57. The summed E-state index contributed by atoms with van der Waals surface area (Å²) in [5, 5.41) is 3.32. The van der Waals surface area contributed by atoms with Crippen LogP contribution in [0.25, 0.3) is 0 Å². The molecule has 1 aromatic rings. The Labute approximate surface area is 84.7 Å². The topological polar surface area (TPSA) is 50.9 Å². The normalized spacial score (nSPS) is 17.8. The van der Waals surface area contributed by atoms with Gasteiger partial charge >= 0.3 is 0 Å². The van der Waals surface area contributed by atoms with E-state index in [2.05, 4.69) is 17.2 Å². The molecule has 1 aromatic heterocycles. The molecule has 0 saturated heterocycles. The Bertz CT molecular complexity index is 307. The Morgan fingerprint density at radius 2 is 2.36 bits per heavy atom. The van der Waals surface area contributed by atoms with Crippen LogP contribution in [0, 0.1) is 11.8 Å². The lowest BCUT2D eigenvalue weighted by Crippen LogP contribution is -2.13. The number of nitrogens with zero attached hydrogens (tertiary/aromatic N) is 1. The molecule has 1 unspecified atom stereocenters. The molecular formula is C11H17N3. The summed E-state index contributed by atoms with van der Waals surface area (Å²) in [4.78, 5) is 4.19. The Morgan fingerprint density at radius 1 is 1.57 bits per heavy atom. The van der Waals surface area contributed by atoms with Crippen LogP contribution in [-0.4, -0.2) is 11.5 Å². The molecule has 1 saturated carbocycles. The summed E-state index contributed by atoms with van der Waals surface area (Å²) >= 11 is 0. The second kappa shape index (κ2) is 3.86. The van der Waals surface area contributed by atoms with Gasteiger partial charge in [0.2, 0.25) is 0 Å². The van der Waals surface area contributed by atoms with E-state index in [0.717, 1.165) is 24.2 Å². The molecule has 1 heterocycles. The van der Waals surface area contributed by atoms with Crippen molar-refractivity contribution in [1.82, 2.24) is 4.98 Å². The van der Waals surface area contributed by atoms with Gasteiger partial charge in [0.15, 0.2) is 0 Å². The molecule has 1 aliphatic carbocycles. The van der Waals surface area contributed by atoms with Gasteiger partial charge in [-0.3, -0.25) is 0 Å². The van der Waals surface area contributed by atoms with Gasteiger partial charge in [-0.25, -0.2) is 4.98 Å². The zero-order valence-corrected chi connectivity index (χ0v) is 8.53. The highest BCUT2D eigenvalue weighted by Crippen LogP contribution is 2.36. The number of aromatic nitrogens is 1. The third kappa shape index (κ3) is 2.37. The second-order valence-corrected chi connectivity index (χ2v) is 4.14. The first-order chi connectivity index (χ1) is 6.75. The highest BCUT2D eigenvalue weighted by Gasteiger charge is 2.27. The highest BCUT2D eigenvalue weighted by molar-refractivity contribution is 5.42. The van der Waals surface area contributed by atoms with E-state index in [9.17, 15) is 0 Å². The second-order valence-electron chi connectivity index (χ2n) is 4.14. The van der Waals surface area contributed by atoms with E-state index in [1.807, 2.05) is 12.1 Å². The molecule has 3 N–H and O–H groups in total. The van der Waals surface area contributed by atoms with Crippen LogP contribution in [0.3, 0.4) is 0 Å². The molecular weight excluding hydrogens is 174 g/mol. The maximum atomic E-state index is 5.59. The molecule has 76 valence electrons. The van der Waals surface area contributed by atoms with E-state index >= 15 is 0 Å². The molecule has 1 atom stereocenters. The maximum Gasteiger partial charge on any atom is 0.128 e. The van der Waals surface area contributed by atoms with Crippen molar-refractivity contribution in [1.29, 1.82) is 0 Å². The molecule has 0 radical (unpaired) electrons. The Morgan fingerprint density at radius 3 is 3.00 bits per heavy atom. The van der Waals surface area contributed by atoms with Gasteiger partial charge in [-0.15, -0.1) is 0 Å². The lowest BCUT2D eigenvalue weighted by Gasteiger charge is -2.11. The van der Waals surface area contributed by atoms with Gasteiger partial charge in [0.25, 0.3) is 0 Å². The lowest BCUT2D eigenvalue weighted by atomic mass is 10.1. The van der Waals surface area contributed by atoms with Crippen molar-refractivity contribution in [3.63, 3.8) is 0 Å². The Balaban J connectivity index is 1.84. The van der Waals surface area contributed by atoms with Crippen molar-refractivity contribution in [2.24, 2.45) is 11.8 Å². The number of anilines is 2. The molecule has 3 heteroatoms. The van der Waals surface area contributed by atoms with Crippen LogP contribution >= 0.6 is 0 Å². The molecule has 1 aliphatic rings. The largest absolute Gasteiger partial charge is 0.384 e. The van der Waals surface area contributed by atoms with Gasteiger partial charge in [0.1, 0.15) is 11.6 Å². The summed E-state index contributed by atoms with van der Waals surface area (Å²) in [7, 11) is 0. The predicted molar refractivity (Wildman–Crippen MR) is 59.0 cm³/mol. The summed E-state index contributed by atoms with van der Waals surface area (Å²) in [6, 6.07) is 5.68. The quantitative estimate of drug-likeness (QED) is 0.766. The highest BCUT2D eigenvalue weighted by atomic mass is 15.0. The first kappa shape index (κ1) is 9.31. The summed E-state index contributed by atoms with van der Waals surface area (Å²) in [6.07, 6.45) is 2.79. The fourth-order valence-electron chi connectivity index (χ4n) is 1.65. The standard InChI is InChI=1S/C11H17N3/c1-8(9-5-6-9)7-13-11-4-2-3-10(12)14-11/h2-4,8-9H,5-7H2,1H3,(H3,12,13,14). The van der Waals surface area contributed by atoms with Crippen molar-refractivity contribution < 1.29 is 0 Å². The Hall–Kier alpha value is -1.25. The van der Waals surface area contributed by atoms with E-state index in [-0.39, 0.29) is 0 Å². The number of rotatable bonds is 4. The number of pyridine rings is 1. The first-order valence-corrected chi connectivity index (χ1v) is 5.22. The van der Waals surface area contributed by atoms with Gasteiger partial charge in [-0.05, 0) is 36.8 Å². The van der Waals surface area contributed by atoms with E-state index in [0.29, 0.717) is 5.82 Å². The van der Waals surface area contributed by atoms with Gasteiger partial charge in [-0.2, -0.15) is 0 Å². The third-order valence-corrected chi connectivity index (χ3v) is 2.80. The fraction of sp³-hybridized carbons (Fsp3) is 0.545. The lowest BCUT2D eigenvalue weighted by molar-refractivity contribution is 0.536. The van der Waals surface area contributed by atoms with Crippen LogP contribution in [0.2, 0.25) is 0 Å². The SMILES string of the molecule is CC(CNc1cccc(N)n1)C1CC1. The number of hydrogen-bond donors (Lipinski definition) is 2. The molecule has 0 amide bonds. The van der Waals surface area contributed by atoms with E-state index < -0.39 is 0 Å². The monoisotopic (exact) mass is 191 g/mol. The molecule has 3 nitrogen and oxygen atoms in total. The van der Waals surface area contributed by atoms with Crippen molar-refractivity contribution in [3.05, 3.63) is 18.2 Å².